The van der Waals surface area contributed by atoms with E-state index in [1.165, 1.54) is 16.9 Å². The van der Waals surface area contributed by atoms with E-state index in [1.54, 1.807) is 6.20 Å². The average molecular weight is 439 g/mol. The highest BCUT2D eigenvalue weighted by Gasteiger charge is 2.28. The molecule has 1 aromatic carbocycles. The van der Waals surface area contributed by atoms with Crippen molar-refractivity contribution in [1.29, 1.82) is 0 Å². The first-order valence-electron chi connectivity index (χ1n) is 10.8. The SMILES string of the molecule is CC(C)(C)c1ccc(-c2cc(C[C@H]3CNCC[C@H]3CC(=O)Nc3nccs3)no2)cc1. The van der Waals surface area contributed by atoms with E-state index in [4.69, 9.17) is 4.52 Å². The predicted molar refractivity (Wildman–Crippen MR) is 124 cm³/mol. The van der Waals surface area contributed by atoms with Crippen LogP contribution in [0.2, 0.25) is 0 Å². The molecule has 3 heterocycles. The van der Waals surface area contributed by atoms with Crippen LogP contribution in [0.4, 0.5) is 5.13 Å². The van der Waals surface area contributed by atoms with Crippen molar-refractivity contribution in [2.45, 2.75) is 45.4 Å². The fourth-order valence-corrected chi connectivity index (χ4v) is 4.67. The minimum atomic E-state index is 0.0339. The van der Waals surface area contributed by atoms with Gasteiger partial charge in [0.05, 0.1) is 5.69 Å². The van der Waals surface area contributed by atoms with Gasteiger partial charge in [-0.25, -0.2) is 4.98 Å². The summed E-state index contributed by atoms with van der Waals surface area (Å²) in [5.41, 5.74) is 3.39. The number of amides is 1. The van der Waals surface area contributed by atoms with Crippen LogP contribution in [-0.4, -0.2) is 29.1 Å². The second-order valence-corrected chi connectivity index (χ2v) is 10.2. The Bertz CT molecular complexity index is 990. The summed E-state index contributed by atoms with van der Waals surface area (Å²) in [6.45, 7) is 8.45. The molecule has 1 amide bonds. The molecule has 31 heavy (non-hydrogen) atoms. The van der Waals surface area contributed by atoms with E-state index >= 15 is 0 Å². The van der Waals surface area contributed by atoms with Crippen LogP contribution in [0.25, 0.3) is 11.3 Å². The van der Waals surface area contributed by atoms with Crippen molar-refractivity contribution in [3.8, 4) is 11.3 Å². The predicted octanol–water partition coefficient (Wildman–Crippen LogP) is 4.89. The third-order valence-electron chi connectivity index (χ3n) is 5.96. The van der Waals surface area contributed by atoms with Gasteiger partial charge < -0.3 is 15.2 Å². The highest BCUT2D eigenvalue weighted by atomic mass is 32.1. The number of carbonyl (C=O) groups excluding carboxylic acids is 1. The number of hydrogen-bond donors (Lipinski definition) is 2. The van der Waals surface area contributed by atoms with Crippen LogP contribution in [0.1, 0.15) is 44.9 Å². The molecule has 7 heteroatoms. The molecule has 1 saturated heterocycles. The van der Waals surface area contributed by atoms with E-state index in [0.29, 0.717) is 23.4 Å². The molecule has 0 aliphatic carbocycles. The van der Waals surface area contributed by atoms with Gasteiger partial charge in [-0.05, 0) is 48.7 Å². The number of carbonyl (C=O) groups is 1. The Hall–Kier alpha value is -2.51. The molecular weight excluding hydrogens is 408 g/mol. The van der Waals surface area contributed by atoms with Crippen LogP contribution in [0.5, 0.6) is 0 Å². The molecule has 0 spiro atoms. The van der Waals surface area contributed by atoms with Crippen LogP contribution in [0, 0.1) is 11.8 Å². The fourth-order valence-electron chi connectivity index (χ4n) is 4.13. The normalized spacial score (nSPS) is 19.3. The Labute approximate surface area is 187 Å². The molecule has 1 aliphatic rings. The Morgan fingerprint density at radius 1 is 1.26 bits per heavy atom. The molecule has 1 aliphatic heterocycles. The second-order valence-electron chi connectivity index (χ2n) is 9.32. The molecular formula is C24H30N4O2S. The van der Waals surface area contributed by atoms with Crippen LogP contribution in [0.15, 0.2) is 46.4 Å². The molecule has 2 aromatic heterocycles. The van der Waals surface area contributed by atoms with E-state index in [1.807, 2.05) is 11.4 Å². The minimum absolute atomic E-state index is 0.0339. The summed E-state index contributed by atoms with van der Waals surface area (Å²) in [6, 6.07) is 10.5. The lowest BCUT2D eigenvalue weighted by Crippen LogP contribution is -2.39. The van der Waals surface area contributed by atoms with Gasteiger partial charge >= 0.3 is 0 Å². The maximum absolute atomic E-state index is 12.5. The third-order valence-corrected chi connectivity index (χ3v) is 6.65. The molecule has 164 valence electrons. The number of aromatic nitrogens is 2. The van der Waals surface area contributed by atoms with Gasteiger partial charge in [0.15, 0.2) is 10.9 Å². The van der Waals surface area contributed by atoms with E-state index in [9.17, 15) is 4.79 Å². The lowest BCUT2D eigenvalue weighted by Gasteiger charge is -2.31. The molecule has 3 aromatic rings. The monoisotopic (exact) mass is 438 g/mol. The second kappa shape index (κ2) is 9.32. The third kappa shape index (κ3) is 5.60. The smallest absolute Gasteiger partial charge is 0.226 e. The summed E-state index contributed by atoms with van der Waals surface area (Å²) in [6.07, 6.45) is 3.98. The number of thiazole rings is 1. The molecule has 0 radical (unpaired) electrons. The highest BCUT2D eigenvalue weighted by Crippen LogP contribution is 2.30. The van der Waals surface area contributed by atoms with Crippen molar-refractivity contribution in [2.24, 2.45) is 11.8 Å². The van der Waals surface area contributed by atoms with Gasteiger partial charge in [-0.1, -0.05) is 50.2 Å². The molecule has 2 N–H and O–H groups in total. The van der Waals surface area contributed by atoms with Crippen molar-refractivity contribution in [1.82, 2.24) is 15.5 Å². The average Bonchev–Trinajstić information content (AvgIpc) is 3.41. The van der Waals surface area contributed by atoms with Crippen LogP contribution >= 0.6 is 11.3 Å². The fraction of sp³-hybridized carbons (Fsp3) is 0.458. The number of piperidine rings is 1. The first-order valence-corrected chi connectivity index (χ1v) is 11.7. The first-order chi connectivity index (χ1) is 14.9. The largest absolute Gasteiger partial charge is 0.356 e. The van der Waals surface area contributed by atoms with Crippen molar-refractivity contribution in [2.75, 3.05) is 18.4 Å². The summed E-state index contributed by atoms with van der Waals surface area (Å²) >= 11 is 1.44. The van der Waals surface area contributed by atoms with Gasteiger partial charge in [0.1, 0.15) is 0 Å². The summed E-state index contributed by atoms with van der Waals surface area (Å²) < 4.78 is 5.65. The van der Waals surface area contributed by atoms with Crippen molar-refractivity contribution in [3.05, 3.63) is 53.2 Å². The first kappa shape index (κ1) is 21.7. The summed E-state index contributed by atoms with van der Waals surface area (Å²) in [4.78, 5) is 16.6. The molecule has 4 rings (SSSR count). The Balaban J connectivity index is 1.39. The Kier molecular flexibility index (Phi) is 6.53. The van der Waals surface area contributed by atoms with Crippen molar-refractivity contribution in [3.63, 3.8) is 0 Å². The molecule has 0 bridgehead atoms. The number of nitrogens with zero attached hydrogens (tertiary/aromatic N) is 2. The lowest BCUT2D eigenvalue weighted by molar-refractivity contribution is -0.117. The Morgan fingerprint density at radius 2 is 2.06 bits per heavy atom. The molecule has 0 unspecified atom stereocenters. The zero-order chi connectivity index (χ0) is 21.8. The maximum atomic E-state index is 12.5. The highest BCUT2D eigenvalue weighted by molar-refractivity contribution is 7.13. The van der Waals surface area contributed by atoms with E-state index in [0.717, 1.165) is 42.9 Å². The van der Waals surface area contributed by atoms with Crippen molar-refractivity contribution < 1.29 is 9.32 Å². The van der Waals surface area contributed by atoms with E-state index in [-0.39, 0.29) is 11.3 Å². The standard InChI is InChI=1S/C24H30N4O2S/c1-24(2,3)19-6-4-16(5-7-19)21-14-20(28-30-21)12-18-15-25-9-8-17(18)13-22(29)27-23-26-10-11-31-23/h4-7,10-11,14,17-18,25H,8-9,12-13,15H2,1-3H3,(H,26,27,29)/t17-,18-/m0/s1. The van der Waals surface area contributed by atoms with Gasteiger partial charge in [0.2, 0.25) is 5.91 Å². The number of nitrogens with one attached hydrogen (secondary N) is 2. The van der Waals surface area contributed by atoms with Crippen LogP contribution in [0.3, 0.4) is 0 Å². The van der Waals surface area contributed by atoms with Crippen LogP contribution in [-0.2, 0) is 16.6 Å². The van der Waals surface area contributed by atoms with Gasteiger partial charge in [-0.3, -0.25) is 4.79 Å². The van der Waals surface area contributed by atoms with E-state index in [2.05, 4.69) is 65.8 Å². The summed E-state index contributed by atoms with van der Waals surface area (Å²) in [5, 5.41) is 13.2. The number of anilines is 1. The van der Waals surface area contributed by atoms with Gasteiger partial charge in [0.25, 0.3) is 0 Å². The summed E-state index contributed by atoms with van der Waals surface area (Å²) in [5.74, 6) is 1.48. The Morgan fingerprint density at radius 3 is 2.77 bits per heavy atom. The van der Waals surface area contributed by atoms with Crippen molar-refractivity contribution >= 4 is 22.4 Å². The van der Waals surface area contributed by atoms with Gasteiger partial charge in [-0.2, -0.15) is 0 Å². The number of hydrogen-bond acceptors (Lipinski definition) is 6. The quantitative estimate of drug-likeness (QED) is 0.573. The minimum Gasteiger partial charge on any atom is -0.356 e. The maximum Gasteiger partial charge on any atom is 0.226 e. The zero-order valence-electron chi connectivity index (χ0n) is 18.4. The zero-order valence-corrected chi connectivity index (χ0v) is 19.2. The number of rotatable bonds is 6. The summed E-state index contributed by atoms with van der Waals surface area (Å²) in [7, 11) is 0. The van der Waals surface area contributed by atoms with Gasteiger partial charge in [-0.15, -0.1) is 11.3 Å². The molecule has 2 atom stereocenters. The topological polar surface area (TPSA) is 80.0 Å². The lowest BCUT2D eigenvalue weighted by atomic mass is 9.81. The molecule has 6 nitrogen and oxygen atoms in total. The molecule has 0 saturated carbocycles. The van der Waals surface area contributed by atoms with E-state index < -0.39 is 0 Å². The van der Waals surface area contributed by atoms with Crippen LogP contribution < -0.4 is 10.6 Å². The molecule has 1 fully saturated rings. The van der Waals surface area contributed by atoms with Gasteiger partial charge in [0, 0.05) is 29.6 Å². The number of benzene rings is 1.